The molecule has 1 fully saturated rings. The van der Waals surface area contributed by atoms with Gasteiger partial charge in [0.1, 0.15) is 5.78 Å². The van der Waals surface area contributed by atoms with Crippen molar-refractivity contribution in [3.63, 3.8) is 0 Å². The minimum absolute atomic E-state index is 0.233. The molecule has 0 aromatic heterocycles. The standard InChI is InChI=1S/C11H18O/c1-3-4-5-6-10-9(2)7-8-11(10)12/h5-6,9-10H,3-4,7-8H2,1-2H3/b6-5-/t9-,10+/m1/s1. The van der Waals surface area contributed by atoms with Crippen LogP contribution in [0.15, 0.2) is 12.2 Å². The summed E-state index contributed by atoms with van der Waals surface area (Å²) in [6.07, 6.45) is 8.43. The highest BCUT2D eigenvalue weighted by Gasteiger charge is 2.28. The predicted molar refractivity (Wildman–Crippen MR) is 50.9 cm³/mol. The summed E-state index contributed by atoms with van der Waals surface area (Å²) in [5, 5.41) is 0. The van der Waals surface area contributed by atoms with Crippen LogP contribution in [0.1, 0.15) is 39.5 Å². The summed E-state index contributed by atoms with van der Waals surface area (Å²) in [7, 11) is 0. The summed E-state index contributed by atoms with van der Waals surface area (Å²) >= 11 is 0. The van der Waals surface area contributed by atoms with Crippen LogP contribution in [0.25, 0.3) is 0 Å². The highest BCUT2D eigenvalue weighted by Crippen LogP contribution is 2.29. The van der Waals surface area contributed by atoms with E-state index in [1.54, 1.807) is 0 Å². The number of ketones is 1. The van der Waals surface area contributed by atoms with Gasteiger partial charge in [0.25, 0.3) is 0 Å². The molecule has 1 nitrogen and oxygen atoms in total. The molecular weight excluding hydrogens is 148 g/mol. The predicted octanol–water partition coefficient (Wildman–Crippen LogP) is 2.96. The molecule has 68 valence electrons. The van der Waals surface area contributed by atoms with Crippen molar-refractivity contribution in [1.82, 2.24) is 0 Å². The van der Waals surface area contributed by atoms with Crippen LogP contribution < -0.4 is 0 Å². The minimum Gasteiger partial charge on any atom is -0.299 e. The molecule has 1 heteroatoms. The quantitative estimate of drug-likeness (QED) is 0.589. The fourth-order valence-electron chi connectivity index (χ4n) is 1.74. The molecule has 0 aliphatic heterocycles. The van der Waals surface area contributed by atoms with Crippen LogP contribution in [0.3, 0.4) is 0 Å². The van der Waals surface area contributed by atoms with Crippen molar-refractivity contribution >= 4 is 5.78 Å². The van der Waals surface area contributed by atoms with Crippen LogP contribution in [0.4, 0.5) is 0 Å². The second-order valence-corrected chi connectivity index (χ2v) is 3.72. The molecular formula is C11H18O. The van der Waals surface area contributed by atoms with E-state index in [0.29, 0.717) is 11.7 Å². The number of hydrogen-bond acceptors (Lipinski definition) is 1. The van der Waals surface area contributed by atoms with Gasteiger partial charge < -0.3 is 0 Å². The Hall–Kier alpha value is -0.590. The van der Waals surface area contributed by atoms with E-state index in [0.717, 1.165) is 19.3 Å². The summed E-state index contributed by atoms with van der Waals surface area (Å²) in [5.41, 5.74) is 0. The molecule has 0 radical (unpaired) electrons. The van der Waals surface area contributed by atoms with E-state index >= 15 is 0 Å². The van der Waals surface area contributed by atoms with Gasteiger partial charge in [0, 0.05) is 12.3 Å². The van der Waals surface area contributed by atoms with E-state index in [-0.39, 0.29) is 5.92 Å². The normalized spacial score (nSPS) is 30.3. The number of rotatable bonds is 3. The van der Waals surface area contributed by atoms with Crippen molar-refractivity contribution in [3.05, 3.63) is 12.2 Å². The van der Waals surface area contributed by atoms with Gasteiger partial charge in [0.05, 0.1) is 0 Å². The van der Waals surface area contributed by atoms with Crippen LogP contribution in [-0.2, 0) is 4.79 Å². The molecule has 0 aromatic rings. The summed E-state index contributed by atoms with van der Waals surface area (Å²) in [5.74, 6) is 1.25. The van der Waals surface area contributed by atoms with Gasteiger partial charge in [-0.25, -0.2) is 0 Å². The van der Waals surface area contributed by atoms with Gasteiger partial charge in [-0.05, 0) is 18.8 Å². The van der Waals surface area contributed by atoms with Crippen LogP contribution in [0.2, 0.25) is 0 Å². The maximum atomic E-state index is 11.3. The first-order valence-corrected chi connectivity index (χ1v) is 4.95. The van der Waals surface area contributed by atoms with Gasteiger partial charge in [0.2, 0.25) is 0 Å². The van der Waals surface area contributed by atoms with E-state index in [1.165, 1.54) is 6.42 Å². The van der Waals surface area contributed by atoms with Crippen molar-refractivity contribution in [2.24, 2.45) is 11.8 Å². The molecule has 1 aliphatic rings. The minimum atomic E-state index is 0.233. The van der Waals surface area contributed by atoms with Gasteiger partial charge in [-0.2, -0.15) is 0 Å². The molecule has 0 N–H and O–H groups in total. The lowest BCUT2D eigenvalue weighted by atomic mass is 9.97. The third kappa shape index (κ3) is 2.20. The summed E-state index contributed by atoms with van der Waals surface area (Å²) in [4.78, 5) is 11.3. The number of unbranched alkanes of at least 4 members (excludes halogenated alkanes) is 1. The smallest absolute Gasteiger partial charge is 0.139 e. The number of hydrogen-bond donors (Lipinski definition) is 0. The summed E-state index contributed by atoms with van der Waals surface area (Å²) < 4.78 is 0. The molecule has 0 amide bonds. The molecule has 0 bridgehead atoms. The molecule has 0 aromatic carbocycles. The second kappa shape index (κ2) is 4.44. The third-order valence-corrected chi connectivity index (χ3v) is 2.63. The van der Waals surface area contributed by atoms with E-state index in [9.17, 15) is 4.79 Å². The van der Waals surface area contributed by atoms with Gasteiger partial charge in [-0.1, -0.05) is 32.4 Å². The zero-order valence-corrected chi connectivity index (χ0v) is 8.05. The van der Waals surface area contributed by atoms with E-state index in [2.05, 4.69) is 26.0 Å². The number of carbonyl (C=O) groups excluding carboxylic acids is 1. The van der Waals surface area contributed by atoms with Gasteiger partial charge in [0.15, 0.2) is 0 Å². The third-order valence-electron chi connectivity index (χ3n) is 2.63. The van der Waals surface area contributed by atoms with Gasteiger partial charge in [-0.15, -0.1) is 0 Å². The number of Topliss-reactive ketones (excluding diaryl/α,β-unsaturated/α-hetero) is 1. The Bertz CT molecular complexity index is 181. The molecule has 0 saturated heterocycles. The average molecular weight is 166 g/mol. The van der Waals surface area contributed by atoms with Crippen LogP contribution in [-0.4, -0.2) is 5.78 Å². The Morgan fingerprint density at radius 2 is 2.33 bits per heavy atom. The Morgan fingerprint density at radius 3 is 2.83 bits per heavy atom. The molecule has 1 rings (SSSR count). The van der Waals surface area contributed by atoms with Crippen molar-refractivity contribution in [2.75, 3.05) is 0 Å². The van der Waals surface area contributed by atoms with Crippen molar-refractivity contribution in [3.8, 4) is 0 Å². The Labute approximate surface area is 74.9 Å². The van der Waals surface area contributed by atoms with E-state index in [4.69, 9.17) is 0 Å². The summed E-state index contributed by atoms with van der Waals surface area (Å²) in [6.45, 7) is 4.33. The largest absolute Gasteiger partial charge is 0.299 e. The number of allylic oxidation sites excluding steroid dienone is 2. The molecule has 2 atom stereocenters. The lowest BCUT2D eigenvalue weighted by molar-refractivity contribution is -0.119. The molecule has 12 heavy (non-hydrogen) atoms. The van der Waals surface area contributed by atoms with Gasteiger partial charge in [-0.3, -0.25) is 4.79 Å². The van der Waals surface area contributed by atoms with E-state index in [1.807, 2.05) is 0 Å². The highest BCUT2D eigenvalue weighted by atomic mass is 16.1. The van der Waals surface area contributed by atoms with Crippen LogP contribution >= 0.6 is 0 Å². The van der Waals surface area contributed by atoms with Crippen molar-refractivity contribution in [1.29, 1.82) is 0 Å². The number of carbonyl (C=O) groups is 1. The van der Waals surface area contributed by atoms with Crippen molar-refractivity contribution in [2.45, 2.75) is 39.5 Å². The van der Waals surface area contributed by atoms with Crippen molar-refractivity contribution < 1.29 is 4.79 Å². The molecule has 1 saturated carbocycles. The van der Waals surface area contributed by atoms with Crippen LogP contribution in [0, 0.1) is 11.8 Å². The van der Waals surface area contributed by atoms with Crippen LogP contribution in [0.5, 0.6) is 0 Å². The fourth-order valence-corrected chi connectivity index (χ4v) is 1.74. The zero-order valence-electron chi connectivity index (χ0n) is 8.05. The van der Waals surface area contributed by atoms with E-state index < -0.39 is 0 Å². The molecule has 1 aliphatic carbocycles. The zero-order chi connectivity index (χ0) is 8.97. The Kier molecular flexibility index (Phi) is 3.51. The Balaban J connectivity index is 2.44. The topological polar surface area (TPSA) is 17.1 Å². The SMILES string of the molecule is CCC/C=C\[C@@H]1C(=O)CC[C@H]1C. The first-order valence-electron chi connectivity index (χ1n) is 4.95. The maximum Gasteiger partial charge on any atom is 0.139 e. The average Bonchev–Trinajstić information content (AvgIpc) is 2.35. The molecule has 0 spiro atoms. The molecule has 0 unspecified atom stereocenters. The maximum absolute atomic E-state index is 11.3. The first kappa shape index (κ1) is 9.50. The second-order valence-electron chi connectivity index (χ2n) is 3.72. The molecule has 0 heterocycles. The Morgan fingerprint density at radius 1 is 1.58 bits per heavy atom. The summed E-state index contributed by atoms with van der Waals surface area (Å²) in [6, 6.07) is 0. The lowest BCUT2D eigenvalue weighted by Gasteiger charge is -2.07. The highest BCUT2D eigenvalue weighted by molar-refractivity contribution is 5.84. The van der Waals surface area contributed by atoms with Gasteiger partial charge >= 0.3 is 0 Å². The fraction of sp³-hybridized carbons (Fsp3) is 0.727. The first-order chi connectivity index (χ1) is 5.75. The lowest BCUT2D eigenvalue weighted by Crippen LogP contribution is -2.08. The monoisotopic (exact) mass is 166 g/mol.